The molecule has 2 aliphatic heterocycles. The van der Waals surface area contributed by atoms with Crippen LogP contribution in [0.4, 0.5) is 24.1 Å². The Morgan fingerprint density at radius 2 is 1.77 bits per heavy atom. The van der Waals surface area contributed by atoms with Gasteiger partial charge in [-0.05, 0) is 59.7 Å². The minimum absolute atomic E-state index is 0.0356. The second-order valence-electron chi connectivity index (χ2n) is 12.3. The van der Waals surface area contributed by atoms with Gasteiger partial charge in [-0.15, -0.1) is 5.10 Å². The Morgan fingerprint density at radius 3 is 2.51 bits per heavy atom. The Bertz CT molecular complexity index is 1900. The number of aromatic nitrogens is 4. The fourth-order valence-corrected chi connectivity index (χ4v) is 5.93. The highest BCUT2D eigenvalue weighted by atomic mass is 19.1. The second-order valence-corrected chi connectivity index (χ2v) is 12.3. The molecule has 6 rings (SSSR count). The number of urea groups is 1. The lowest BCUT2D eigenvalue weighted by atomic mass is 9.85. The minimum atomic E-state index is -2.09. The summed E-state index contributed by atoms with van der Waals surface area (Å²) in [5.41, 5.74) is -0.187. The van der Waals surface area contributed by atoms with Crippen LogP contribution in [-0.4, -0.2) is 110 Å². The third-order valence-corrected chi connectivity index (χ3v) is 8.78. The molecular formula is C35H36F2N9O7+. The van der Waals surface area contributed by atoms with Gasteiger partial charge in [-0.1, -0.05) is 41.3 Å². The van der Waals surface area contributed by atoms with Crippen LogP contribution in [-0.2, 0) is 31.2 Å². The van der Waals surface area contributed by atoms with Crippen molar-refractivity contribution in [2.24, 2.45) is 5.10 Å². The van der Waals surface area contributed by atoms with Crippen molar-refractivity contribution >= 4 is 30.2 Å². The van der Waals surface area contributed by atoms with Crippen molar-refractivity contribution in [2.45, 2.75) is 38.0 Å². The van der Waals surface area contributed by atoms with E-state index in [0.717, 1.165) is 17.7 Å². The molecule has 18 heteroatoms. The van der Waals surface area contributed by atoms with Crippen LogP contribution in [0.25, 0.3) is 5.69 Å². The number of β-amino-alcohol motifs (C(OH)–C–C–N with tert-alkyl or cyclic N) is 1. The molecule has 16 nitrogen and oxygen atoms in total. The van der Waals surface area contributed by atoms with Crippen molar-refractivity contribution in [1.82, 2.24) is 35.0 Å². The number of nitrogens with zero attached hydrogens (tertiary/aromatic N) is 9. The van der Waals surface area contributed by atoms with Gasteiger partial charge in [0.2, 0.25) is 6.73 Å². The number of carbonyl (C=O) groups is 3. The van der Waals surface area contributed by atoms with Gasteiger partial charge < -0.3 is 24.2 Å². The van der Waals surface area contributed by atoms with E-state index in [-0.39, 0.29) is 64.7 Å². The Labute approximate surface area is 302 Å². The highest BCUT2D eigenvalue weighted by Gasteiger charge is 2.48. The van der Waals surface area contributed by atoms with Crippen molar-refractivity contribution in [3.8, 4) is 5.69 Å². The van der Waals surface area contributed by atoms with Gasteiger partial charge in [-0.2, -0.15) is 0 Å². The number of carbonyl (C=O) groups excluding carboxylic acids is 3. The average molecular weight is 733 g/mol. The molecule has 1 fully saturated rings. The third-order valence-electron chi connectivity index (χ3n) is 8.78. The summed E-state index contributed by atoms with van der Waals surface area (Å²) in [5.74, 6) is -2.26. The number of hydrogen-bond acceptors (Lipinski definition) is 13. The van der Waals surface area contributed by atoms with Crippen LogP contribution in [0, 0.1) is 11.6 Å². The fourth-order valence-electron chi connectivity index (χ4n) is 5.93. The first-order valence-electron chi connectivity index (χ1n) is 16.7. The molecular weight excluding hydrogens is 696 g/mol. The number of benzene rings is 3. The molecule has 1 saturated heterocycles. The Balaban J connectivity index is 1.02. The third kappa shape index (κ3) is 8.80. The topological polar surface area (TPSA) is 168 Å². The summed E-state index contributed by atoms with van der Waals surface area (Å²) in [6, 6.07) is 17.6. The molecule has 2 aliphatic rings. The van der Waals surface area contributed by atoms with Crippen LogP contribution in [0.2, 0.25) is 0 Å². The molecule has 4 aromatic rings. The van der Waals surface area contributed by atoms with E-state index in [0.29, 0.717) is 17.4 Å². The number of hydrogen-bond donors (Lipinski definition) is 1. The molecule has 1 N–H and O–H groups in total. The van der Waals surface area contributed by atoms with E-state index in [9.17, 15) is 23.9 Å². The van der Waals surface area contributed by atoms with Crippen molar-refractivity contribution in [2.75, 3.05) is 44.5 Å². The lowest BCUT2D eigenvalue weighted by Gasteiger charge is -2.40. The molecule has 2 amide bonds. The largest absolute Gasteiger partial charge is 0.547 e. The lowest BCUT2D eigenvalue weighted by molar-refractivity contribution is -0.145. The molecule has 0 aliphatic carbocycles. The van der Waals surface area contributed by atoms with E-state index in [2.05, 4.69) is 27.0 Å². The van der Waals surface area contributed by atoms with E-state index >= 15 is 4.39 Å². The number of aliphatic hydroxyl groups is 1. The maximum absolute atomic E-state index is 15.3. The zero-order valence-corrected chi connectivity index (χ0v) is 28.6. The van der Waals surface area contributed by atoms with E-state index in [1.54, 1.807) is 31.2 Å². The van der Waals surface area contributed by atoms with Gasteiger partial charge in [0.05, 0.1) is 24.9 Å². The van der Waals surface area contributed by atoms with Crippen molar-refractivity contribution in [3.63, 3.8) is 0 Å². The van der Waals surface area contributed by atoms with Crippen molar-refractivity contribution in [1.29, 1.82) is 0 Å². The summed E-state index contributed by atoms with van der Waals surface area (Å²) >= 11 is 0. The first-order valence-corrected chi connectivity index (χ1v) is 16.7. The highest BCUT2D eigenvalue weighted by molar-refractivity contribution is 5.94. The first kappa shape index (κ1) is 36.5. The number of ether oxygens (including phenoxy) is 3. The summed E-state index contributed by atoms with van der Waals surface area (Å²) < 4.78 is 46.1. The molecule has 0 saturated carbocycles. The number of tetrazole rings is 1. The Hall–Kier alpha value is -6.26. The molecule has 0 radical (unpaired) electrons. The Morgan fingerprint density at radius 1 is 1.00 bits per heavy atom. The number of halogens is 2. The van der Waals surface area contributed by atoms with E-state index in [1.165, 1.54) is 30.7 Å². The Kier molecular flexibility index (Phi) is 11.3. The summed E-state index contributed by atoms with van der Waals surface area (Å²) in [7, 11) is 0. The number of amides is 2. The monoisotopic (exact) mass is 732 g/mol. The lowest BCUT2D eigenvalue weighted by Crippen LogP contribution is -2.55. The maximum atomic E-state index is 15.3. The zero-order valence-electron chi connectivity index (χ0n) is 28.6. The molecule has 1 aromatic heterocycles. The number of esters is 1. The molecule has 0 bridgehead atoms. The average Bonchev–Trinajstić information content (AvgIpc) is 3.94. The molecule has 3 aromatic carbocycles. The van der Waals surface area contributed by atoms with Gasteiger partial charge in [0.15, 0.2) is 6.67 Å². The highest BCUT2D eigenvalue weighted by Crippen LogP contribution is 2.35. The van der Waals surface area contributed by atoms with Gasteiger partial charge in [0.1, 0.15) is 35.3 Å². The van der Waals surface area contributed by atoms with Gasteiger partial charge in [0.25, 0.3) is 0 Å². The quantitative estimate of drug-likeness (QED) is 0.108. The number of rotatable bonds is 15. The van der Waals surface area contributed by atoms with Crippen molar-refractivity contribution < 1.29 is 42.5 Å². The molecule has 53 heavy (non-hydrogen) atoms. The summed E-state index contributed by atoms with van der Waals surface area (Å²) in [6.45, 7) is 1.45. The SMILES string of the molecule is C[C@@H](N1CCN(c2ccc(-n3cnnn3)cc2)C1=O)[C@@](O)(CN1CN(COC(=O)OCCCC(=O)OCc2ccccc2)[C+]=N1)c1ccc(F)cc1F. The predicted octanol–water partition coefficient (Wildman–Crippen LogP) is 3.49. The fraction of sp³-hybridized carbons (Fsp3) is 0.343. The number of anilines is 1. The minimum Gasteiger partial charge on any atom is -0.461 e. The van der Waals surface area contributed by atoms with Gasteiger partial charge in [-0.3, -0.25) is 9.69 Å². The van der Waals surface area contributed by atoms with E-state index < -0.39 is 41.4 Å². The molecule has 0 spiro atoms. The van der Waals surface area contributed by atoms with Gasteiger partial charge >= 0.3 is 24.5 Å². The summed E-state index contributed by atoms with van der Waals surface area (Å²) in [5, 5.41) is 28.8. The molecule has 276 valence electrons. The van der Waals surface area contributed by atoms with Crippen LogP contribution in [0.3, 0.4) is 0 Å². The zero-order chi connectivity index (χ0) is 37.4. The maximum Gasteiger partial charge on any atom is 0.547 e. The van der Waals surface area contributed by atoms with Crippen LogP contribution in [0.5, 0.6) is 0 Å². The normalized spacial score (nSPS) is 15.7. The summed E-state index contributed by atoms with van der Waals surface area (Å²) in [6.07, 6.45) is 3.39. The molecule has 3 heterocycles. The number of hydrazone groups is 1. The van der Waals surface area contributed by atoms with Gasteiger partial charge in [0, 0.05) is 36.8 Å². The first-order chi connectivity index (χ1) is 25.6. The van der Waals surface area contributed by atoms with Crippen LogP contribution < -0.4 is 4.90 Å². The summed E-state index contributed by atoms with van der Waals surface area (Å²) in [4.78, 5) is 42.2. The second kappa shape index (κ2) is 16.4. The predicted molar refractivity (Wildman–Crippen MR) is 182 cm³/mol. The standard InChI is InChI=1S/C35H36F2N9O7/c1-25(44-15-16-45(33(44)48)28-10-12-29(13-11-28)46-21-38-40-41-46)35(50,30-14-9-27(36)18-31(30)37)20-43-23-42(22-39-43)24-53-34(49)51-17-5-8-32(47)52-19-26-6-3-2-4-7-26/h2-4,6-7,9-14,18,21,25,50H,5,8,15-17,19-20,23-24H2,1H3/q+1/t25-,35+/m1/s1. The smallest absolute Gasteiger partial charge is 0.461 e. The van der Waals surface area contributed by atoms with Crippen molar-refractivity contribution in [3.05, 3.63) is 102 Å². The van der Waals surface area contributed by atoms with Gasteiger partial charge in [-0.25, -0.2) is 28.1 Å². The van der Waals surface area contributed by atoms with E-state index in [1.807, 2.05) is 30.3 Å². The molecule has 0 unspecified atom stereocenters. The van der Waals surface area contributed by atoms with Crippen LogP contribution >= 0.6 is 0 Å². The van der Waals surface area contributed by atoms with Crippen LogP contribution in [0.1, 0.15) is 30.9 Å². The van der Waals surface area contributed by atoms with Crippen LogP contribution in [0.15, 0.2) is 84.2 Å². The molecule has 2 atom stereocenters. The van der Waals surface area contributed by atoms with E-state index in [4.69, 9.17) is 14.2 Å².